The predicted molar refractivity (Wildman–Crippen MR) is 95.4 cm³/mol. The second-order valence-electron chi connectivity index (χ2n) is 6.79. The lowest BCUT2D eigenvalue weighted by atomic mass is 10.2. The van der Waals surface area contributed by atoms with E-state index in [1.165, 1.54) is 0 Å². The van der Waals surface area contributed by atoms with Crippen LogP contribution in [-0.4, -0.2) is 51.0 Å². The van der Waals surface area contributed by atoms with Crippen LogP contribution in [0.15, 0.2) is 24.7 Å². The summed E-state index contributed by atoms with van der Waals surface area (Å²) in [5.41, 5.74) is 0. The third-order valence-corrected chi connectivity index (χ3v) is 3.68. The molecular formula is C18H34N2O4. The van der Waals surface area contributed by atoms with Crippen molar-refractivity contribution in [3.63, 3.8) is 0 Å². The maximum atomic E-state index is 5.34. The lowest BCUT2D eigenvalue weighted by Gasteiger charge is -2.19. The molecule has 0 bridgehead atoms. The van der Waals surface area contributed by atoms with Crippen molar-refractivity contribution < 1.29 is 18.9 Å². The van der Waals surface area contributed by atoms with Gasteiger partial charge in [-0.25, -0.2) is 0 Å². The van der Waals surface area contributed by atoms with Crippen molar-refractivity contribution in [3.05, 3.63) is 24.7 Å². The van der Waals surface area contributed by atoms with Gasteiger partial charge >= 0.3 is 0 Å². The topological polar surface area (TPSA) is 61.0 Å². The molecule has 0 spiro atoms. The van der Waals surface area contributed by atoms with Crippen molar-refractivity contribution in [2.75, 3.05) is 14.2 Å². The highest BCUT2D eigenvalue weighted by Crippen LogP contribution is 2.23. The molecule has 6 heteroatoms. The Bertz CT molecular complexity index is 374. The predicted octanol–water partition coefficient (Wildman–Crippen LogP) is 2.52. The maximum Gasteiger partial charge on any atom is 0.215 e. The zero-order valence-corrected chi connectivity index (χ0v) is 15.9. The van der Waals surface area contributed by atoms with E-state index in [4.69, 9.17) is 18.9 Å². The summed E-state index contributed by atoms with van der Waals surface area (Å²) in [7, 11) is 3.30. The highest BCUT2D eigenvalue weighted by molar-refractivity contribution is 4.98. The summed E-state index contributed by atoms with van der Waals surface area (Å²) in [6, 6.07) is 1.40. The Morgan fingerprint density at radius 2 is 1.17 bits per heavy atom. The molecule has 0 radical (unpaired) electrons. The van der Waals surface area contributed by atoms with Gasteiger partial charge in [0.1, 0.15) is 0 Å². The molecular weight excluding hydrogens is 308 g/mol. The summed E-state index contributed by atoms with van der Waals surface area (Å²) in [6.07, 6.45) is 1.35. The fraction of sp³-hybridized carbons (Fsp3) is 0.778. The van der Waals surface area contributed by atoms with Gasteiger partial charge in [0, 0.05) is 39.1 Å². The molecule has 4 atom stereocenters. The van der Waals surface area contributed by atoms with Gasteiger partial charge in [-0.15, -0.1) is 0 Å². The van der Waals surface area contributed by atoms with Crippen LogP contribution in [0.25, 0.3) is 0 Å². The summed E-state index contributed by atoms with van der Waals surface area (Å²) in [4.78, 5) is 0. The summed E-state index contributed by atoms with van der Waals surface area (Å²) < 4.78 is 21.0. The van der Waals surface area contributed by atoms with Crippen molar-refractivity contribution in [2.45, 2.75) is 77.3 Å². The van der Waals surface area contributed by atoms with E-state index >= 15 is 0 Å². The minimum atomic E-state index is -0.167. The third-order valence-electron chi connectivity index (χ3n) is 3.68. The second-order valence-corrected chi connectivity index (χ2v) is 6.79. The fourth-order valence-corrected chi connectivity index (χ4v) is 2.83. The quantitative estimate of drug-likeness (QED) is 0.773. The van der Waals surface area contributed by atoms with Crippen LogP contribution in [0.1, 0.15) is 40.5 Å². The Morgan fingerprint density at radius 3 is 1.42 bits per heavy atom. The van der Waals surface area contributed by atoms with Gasteiger partial charge in [0.25, 0.3) is 0 Å². The van der Waals surface area contributed by atoms with E-state index in [-0.39, 0.29) is 24.7 Å². The van der Waals surface area contributed by atoms with E-state index in [0.717, 1.165) is 24.4 Å². The standard InChI is InChI=1S/2C9H17NO2/c2*1-6(2)10-8-5-7(3)12-9(8)11-4/h2*6,8-10H,3,5H2,1-2,4H3. The minimum Gasteiger partial charge on any atom is -0.468 e. The molecule has 0 saturated carbocycles. The molecule has 0 aliphatic carbocycles. The Balaban J connectivity index is 0.000000240. The lowest BCUT2D eigenvalue weighted by molar-refractivity contribution is -0.0829. The van der Waals surface area contributed by atoms with E-state index in [2.05, 4.69) is 51.5 Å². The zero-order valence-electron chi connectivity index (χ0n) is 15.9. The van der Waals surface area contributed by atoms with Crippen LogP contribution in [0.3, 0.4) is 0 Å². The Labute approximate surface area is 146 Å². The molecule has 140 valence electrons. The smallest absolute Gasteiger partial charge is 0.215 e. The third kappa shape index (κ3) is 6.81. The highest BCUT2D eigenvalue weighted by Gasteiger charge is 2.32. The number of ether oxygens (including phenoxy) is 4. The number of hydrogen-bond donors (Lipinski definition) is 2. The number of rotatable bonds is 6. The highest BCUT2D eigenvalue weighted by atomic mass is 16.7. The lowest BCUT2D eigenvalue weighted by Crippen LogP contribution is -2.41. The van der Waals surface area contributed by atoms with Gasteiger partial charge in [0.2, 0.25) is 12.6 Å². The van der Waals surface area contributed by atoms with Gasteiger partial charge in [-0.05, 0) is 0 Å². The van der Waals surface area contributed by atoms with Crippen LogP contribution >= 0.6 is 0 Å². The SMILES string of the molecule is C=C1CC(NC(C)C)C(OC)O1.C=C1CC(NC(C)C)C(OC)O1. The Kier molecular flexibility index (Phi) is 8.76. The van der Waals surface area contributed by atoms with Crippen molar-refractivity contribution in [3.8, 4) is 0 Å². The largest absolute Gasteiger partial charge is 0.468 e. The fourth-order valence-electron chi connectivity index (χ4n) is 2.83. The molecule has 0 aromatic carbocycles. The molecule has 0 aromatic rings. The van der Waals surface area contributed by atoms with E-state index < -0.39 is 0 Å². The molecule has 2 N–H and O–H groups in total. The van der Waals surface area contributed by atoms with Gasteiger partial charge in [-0.2, -0.15) is 0 Å². The van der Waals surface area contributed by atoms with Crippen LogP contribution in [0.5, 0.6) is 0 Å². The second kappa shape index (κ2) is 10.0. The molecule has 2 saturated heterocycles. The number of hydrogen-bond acceptors (Lipinski definition) is 6. The maximum absolute atomic E-state index is 5.34. The van der Waals surface area contributed by atoms with Crippen LogP contribution in [0.2, 0.25) is 0 Å². The molecule has 2 heterocycles. The molecule has 2 aliphatic heterocycles. The summed E-state index contributed by atoms with van der Waals surface area (Å²) in [5, 5.41) is 6.72. The average molecular weight is 342 g/mol. The summed E-state index contributed by atoms with van der Waals surface area (Å²) in [6.45, 7) is 16.0. The van der Waals surface area contributed by atoms with Gasteiger partial charge in [-0.3, -0.25) is 0 Å². The van der Waals surface area contributed by atoms with E-state index in [9.17, 15) is 0 Å². The molecule has 0 aromatic heterocycles. The molecule has 2 rings (SSSR count). The molecule has 2 aliphatic rings. The molecule has 4 unspecified atom stereocenters. The zero-order chi connectivity index (χ0) is 18.3. The molecule has 2 fully saturated rings. The van der Waals surface area contributed by atoms with Crippen molar-refractivity contribution in [1.82, 2.24) is 10.6 Å². The monoisotopic (exact) mass is 342 g/mol. The van der Waals surface area contributed by atoms with E-state index in [1.54, 1.807) is 14.2 Å². The molecule has 24 heavy (non-hydrogen) atoms. The first kappa shape index (κ1) is 21.0. The molecule has 6 nitrogen and oxygen atoms in total. The van der Waals surface area contributed by atoms with Crippen LogP contribution < -0.4 is 10.6 Å². The van der Waals surface area contributed by atoms with Gasteiger partial charge in [-0.1, -0.05) is 40.9 Å². The minimum absolute atomic E-state index is 0.167. The van der Waals surface area contributed by atoms with Gasteiger partial charge in [0.15, 0.2) is 0 Å². The first-order valence-electron chi connectivity index (χ1n) is 8.53. The Morgan fingerprint density at radius 1 is 0.833 bits per heavy atom. The summed E-state index contributed by atoms with van der Waals surface area (Å²) in [5.74, 6) is 1.61. The number of nitrogens with one attached hydrogen (secondary N) is 2. The van der Waals surface area contributed by atoms with Crippen LogP contribution in [0, 0.1) is 0 Å². The van der Waals surface area contributed by atoms with Crippen LogP contribution in [-0.2, 0) is 18.9 Å². The van der Waals surface area contributed by atoms with Gasteiger partial charge in [0.05, 0.1) is 23.6 Å². The van der Waals surface area contributed by atoms with Crippen molar-refractivity contribution in [2.24, 2.45) is 0 Å². The Hall–Kier alpha value is -1.08. The van der Waals surface area contributed by atoms with E-state index in [1.807, 2.05) is 0 Å². The average Bonchev–Trinajstić information content (AvgIpc) is 3.00. The van der Waals surface area contributed by atoms with Crippen molar-refractivity contribution >= 4 is 0 Å². The van der Waals surface area contributed by atoms with Crippen LogP contribution in [0.4, 0.5) is 0 Å². The summed E-state index contributed by atoms with van der Waals surface area (Å²) >= 11 is 0. The molecule has 0 amide bonds. The first-order chi connectivity index (χ1) is 11.3. The first-order valence-corrected chi connectivity index (χ1v) is 8.53. The van der Waals surface area contributed by atoms with E-state index in [0.29, 0.717) is 12.1 Å². The van der Waals surface area contributed by atoms with Gasteiger partial charge < -0.3 is 29.6 Å². The normalized spacial score (nSPS) is 29.5. The van der Waals surface area contributed by atoms with Crippen molar-refractivity contribution in [1.29, 1.82) is 0 Å². The number of methoxy groups -OCH3 is 2.